The maximum absolute atomic E-state index is 9.77. The molecule has 0 aliphatic carbocycles. The molecule has 0 bridgehead atoms. The lowest BCUT2D eigenvalue weighted by Crippen LogP contribution is -1.98. The molecule has 0 aliphatic rings. The normalized spacial score (nSPS) is 10.5. The number of anilines is 1. The van der Waals surface area contributed by atoms with E-state index in [0.717, 1.165) is 0 Å². The van der Waals surface area contributed by atoms with Crippen molar-refractivity contribution in [2.75, 3.05) is 19.6 Å². The van der Waals surface area contributed by atoms with Crippen LogP contribution in [0.4, 0.5) is 5.82 Å². The van der Waals surface area contributed by atoms with Crippen molar-refractivity contribution in [2.45, 2.75) is 0 Å². The molecule has 0 radical (unpaired) electrons. The SMILES string of the molecule is COc1ccc(/C=N/Nc2nccnc2OC)c(O)c1. The second-order valence-corrected chi connectivity index (χ2v) is 3.71. The van der Waals surface area contributed by atoms with E-state index in [0.29, 0.717) is 23.0 Å². The molecule has 0 unspecified atom stereocenters. The van der Waals surface area contributed by atoms with Crippen molar-refractivity contribution in [3.05, 3.63) is 36.2 Å². The first-order valence-corrected chi connectivity index (χ1v) is 5.75. The molecule has 1 aromatic heterocycles. The molecule has 104 valence electrons. The van der Waals surface area contributed by atoms with Crippen LogP contribution >= 0.6 is 0 Å². The van der Waals surface area contributed by atoms with Crippen LogP contribution in [-0.4, -0.2) is 35.5 Å². The second-order valence-electron chi connectivity index (χ2n) is 3.71. The van der Waals surface area contributed by atoms with E-state index in [1.165, 1.54) is 38.9 Å². The van der Waals surface area contributed by atoms with Crippen LogP contribution in [0.2, 0.25) is 0 Å². The molecule has 0 saturated carbocycles. The Morgan fingerprint density at radius 1 is 1.20 bits per heavy atom. The Labute approximate surface area is 115 Å². The molecular weight excluding hydrogens is 260 g/mol. The predicted octanol–water partition coefficient (Wildman–Crippen LogP) is 1.65. The number of nitrogens with one attached hydrogen (secondary N) is 1. The number of hydrazone groups is 1. The zero-order chi connectivity index (χ0) is 14.4. The fraction of sp³-hybridized carbons (Fsp3) is 0.154. The van der Waals surface area contributed by atoms with Crippen molar-refractivity contribution in [3.8, 4) is 17.4 Å². The highest BCUT2D eigenvalue weighted by Crippen LogP contribution is 2.22. The predicted molar refractivity (Wildman–Crippen MR) is 74.5 cm³/mol. The number of benzene rings is 1. The minimum atomic E-state index is 0.0704. The topological polar surface area (TPSA) is 88.9 Å². The molecule has 20 heavy (non-hydrogen) atoms. The van der Waals surface area contributed by atoms with Crippen LogP contribution in [0.25, 0.3) is 0 Å². The number of rotatable bonds is 5. The van der Waals surface area contributed by atoms with Crippen molar-refractivity contribution < 1.29 is 14.6 Å². The summed E-state index contributed by atoms with van der Waals surface area (Å²) in [6.45, 7) is 0. The largest absolute Gasteiger partial charge is 0.507 e. The van der Waals surface area contributed by atoms with Gasteiger partial charge in [0.1, 0.15) is 11.5 Å². The van der Waals surface area contributed by atoms with Gasteiger partial charge in [-0.25, -0.2) is 9.97 Å². The highest BCUT2D eigenvalue weighted by atomic mass is 16.5. The van der Waals surface area contributed by atoms with Gasteiger partial charge in [0.15, 0.2) is 0 Å². The van der Waals surface area contributed by atoms with Crippen molar-refractivity contribution in [3.63, 3.8) is 0 Å². The van der Waals surface area contributed by atoms with E-state index >= 15 is 0 Å². The molecule has 7 nitrogen and oxygen atoms in total. The summed E-state index contributed by atoms with van der Waals surface area (Å²) in [5, 5.41) is 13.7. The molecule has 0 amide bonds. The van der Waals surface area contributed by atoms with Gasteiger partial charge in [0.25, 0.3) is 5.88 Å². The van der Waals surface area contributed by atoms with Crippen LogP contribution in [0.1, 0.15) is 5.56 Å². The Hall–Kier alpha value is -2.83. The van der Waals surface area contributed by atoms with Crippen LogP contribution in [0.15, 0.2) is 35.7 Å². The Bertz CT molecular complexity index is 616. The van der Waals surface area contributed by atoms with E-state index in [9.17, 15) is 5.11 Å². The van der Waals surface area contributed by atoms with Gasteiger partial charge in [-0.1, -0.05) is 0 Å². The van der Waals surface area contributed by atoms with Gasteiger partial charge in [-0.15, -0.1) is 0 Å². The number of phenols is 1. The summed E-state index contributed by atoms with van der Waals surface area (Å²) in [6.07, 6.45) is 4.50. The average molecular weight is 274 g/mol. The molecule has 7 heteroatoms. The van der Waals surface area contributed by atoms with Crippen molar-refractivity contribution in [1.82, 2.24) is 9.97 Å². The fourth-order valence-electron chi connectivity index (χ4n) is 1.47. The molecule has 1 heterocycles. The number of methoxy groups -OCH3 is 2. The van der Waals surface area contributed by atoms with E-state index < -0.39 is 0 Å². The minimum absolute atomic E-state index is 0.0704. The van der Waals surface area contributed by atoms with Crippen molar-refractivity contribution in [1.29, 1.82) is 0 Å². The van der Waals surface area contributed by atoms with Crippen molar-refractivity contribution >= 4 is 12.0 Å². The molecule has 2 aromatic rings. The van der Waals surface area contributed by atoms with E-state index in [1.54, 1.807) is 12.1 Å². The van der Waals surface area contributed by atoms with Crippen molar-refractivity contribution in [2.24, 2.45) is 5.10 Å². The van der Waals surface area contributed by atoms with Gasteiger partial charge in [-0.2, -0.15) is 5.10 Å². The molecule has 0 saturated heterocycles. The zero-order valence-electron chi connectivity index (χ0n) is 11.1. The third-order valence-corrected chi connectivity index (χ3v) is 2.47. The summed E-state index contributed by atoms with van der Waals surface area (Å²) >= 11 is 0. The van der Waals surface area contributed by atoms with E-state index in [2.05, 4.69) is 20.5 Å². The van der Waals surface area contributed by atoms with E-state index in [-0.39, 0.29) is 5.75 Å². The summed E-state index contributed by atoms with van der Waals surface area (Å²) in [7, 11) is 3.03. The smallest absolute Gasteiger partial charge is 0.258 e. The number of hydrogen-bond acceptors (Lipinski definition) is 7. The Balaban J connectivity index is 2.10. The summed E-state index contributed by atoms with van der Waals surface area (Å²) in [5.41, 5.74) is 3.24. The van der Waals surface area contributed by atoms with Gasteiger partial charge < -0.3 is 14.6 Å². The van der Waals surface area contributed by atoms with Gasteiger partial charge in [-0.3, -0.25) is 5.43 Å². The average Bonchev–Trinajstić information content (AvgIpc) is 2.49. The molecule has 0 aliphatic heterocycles. The van der Waals surface area contributed by atoms with Gasteiger partial charge in [0.2, 0.25) is 5.82 Å². The minimum Gasteiger partial charge on any atom is -0.507 e. The molecule has 2 rings (SSSR count). The standard InChI is InChI=1S/C13H14N4O3/c1-19-10-4-3-9(11(18)7-10)8-16-17-12-13(20-2)15-6-5-14-12/h3-8,18H,1-2H3,(H,14,17)/b16-8+. The van der Waals surface area contributed by atoms with Gasteiger partial charge in [0, 0.05) is 24.0 Å². The molecule has 1 aromatic carbocycles. The fourth-order valence-corrected chi connectivity index (χ4v) is 1.47. The maximum Gasteiger partial charge on any atom is 0.258 e. The summed E-state index contributed by atoms with van der Waals surface area (Å²) in [6, 6.07) is 4.92. The van der Waals surface area contributed by atoms with Crippen LogP contribution in [-0.2, 0) is 0 Å². The van der Waals surface area contributed by atoms with Crippen LogP contribution in [0, 0.1) is 0 Å². The first-order valence-electron chi connectivity index (χ1n) is 5.75. The lowest BCUT2D eigenvalue weighted by atomic mass is 10.2. The zero-order valence-corrected chi connectivity index (χ0v) is 11.1. The van der Waals surface area contributed by atoms with E-state index in [1.807, 2.05) is 0 Å². The number of aromatic hydroxyl groups is 1. The van der Waals surface area contributed by atoms with E-state index in [4.69, 9.17) is 9.47 Å². The third kappa shape index (κ3) is 3.14. The highest BCUT2D eigenvalue weighted by molar-refractivity contribution is 5.84. The van der Waals surface area contributed by atoms with Gasteiger partial charge in [0.05, 0.1) is 20.4 Å². The second kappa shape index (κ2) is 6.37. The quantitative estimate of drug-likeness (QED) is 0.636. The third-order valence-electron chi connectivity index (χ3n) is 2.47. The number of ether oxygens (including phenoxy) is 2. The van der Waals surface area contributed by atoms with Gasteiger partial charge >= 0.3 is 0 Å². The number of nitrogens with zero attached hydrogens (tertiary/aromatic N) is 3. The lowest BCUT2D eigenvalue weighted by Gasteiger charge is -2.05. The van der Waals surface area contributed by atoms with Crippen LogP contribution in [0.5, 0.6) is 17.4 Å². The van der Waals surface area contributed by atoms with Crippen LogP contribution in [0.3, 0.4) is 0 Å². The molecule has 0 fully saturated rings. The van der Waals surface area contributed by atoms with Crippen LogP contribution < -0.4 is 14.9 Å². The van der Waals surface area contributed by atoms with Gasteiger partial charge in [-0.05, 0) is 12.1 Å². The summed E-state index contributed by atoms with van der Waals surface area (Å²) in [5.74, 6) is 1.37. The molecular formula is C13H14N4O3. The number of aromatic nitrogens is 2. The number of hydrogen-bond donors (Lipinski definition) is 2. The highest BCUT2D eigenvalue weighted by Gasteiger charge is 2.03. The Morgan fingerprint density at radius 2 is 2.00 bits per heavy atom. The maximum atomic E-state index is 9.77. The molecule has 0 spiro atoms. The Kier molecular flexibility index (Phi) is 4.33. The number of phenolic OH excluding ortho intramolecular Hbond substituents is 1. The molecule has 2 N–H and O–H groups in total. The summed E-state index contributed by atoms with van der Waals surface area (Å²) in [4.78, 5) is 8.01. The lowest BCUT2D eigenvalue weighted by molar-refractivity contribution is 0.398. The first-order chi connectivity index (χ1) is 9.74. The monoisotopic (exact) mass is 274 g/mol. The Morgan fingerprint density at radius 3 is 2.70 bits per heavy atom. The first kappa shape index (κ1) is 13.6. The summed E-state index contributed by atoms with van der Waals surface area (Å²) < 4.78 is 10.0. The molecule has 0 atom stereocenters.